The van der Waals surface area contributed by atoms with E-state index in [1.807, 2.05) is 18.2 Å². The SMILES string of the molecule is CCC(C)CC(CC)Nc1cccc(NC(=O)C2CC2)c1. The molecule has 1 aliphatic rings. The summed E-state index contributed by atoms with van der Waals surface area (Å²) < 4.78 is 0. The van der Waals surface area contributed by atoms with Gasteiger partial charge in [0.2, 0.25) is 5.91 Å². The van der Waals surface area contributed by atoms with Gasteiger partial charge in [-0.05, 0) is 49.8 Å². The van der Waals surface area contributed by atoms with Crippen LogP contribution < -0.4 is 10.6 Å². The lowest BCUT2D eigenvalue weighted by molar-refractivity contribution is -0.117. The summed E-state index contributed by atoms with van der Waals surface area (Å²) in [5, 5.41) is 6.61. The quantitative estimate of drug-likeness (QED) is 0.730. The number of rotatable bonds is 8. The van der Waals surface area contributed by atoms with Gasteiger partial charge in [0.05, 0.1) is 0 Å². The van der Waals surface area contributed by atoms with Crippen LogP contribution >= 0.6 is 0 Å². The average molecular weight is 288 g/mol. The maximum absolute atomic E-state index is 11.8. The van der Waals surface area contributed by atoms with E-state index in [9.17, 15) is 4.79 Å². The lowest BCUT2D eigenvalue weighted by Crippen LogP contribution is -2.21. The number of hydrogen-bond donors (Lipinski definition) is 2. The summed E-state index contributed by atoms with van der Waals surface area (Å²) in [4.78, 5) is 11.8. The summed E-state index contributed by atoms with van der Waals surface area (Å²) in [6.07, 6.45) is 5.59. The molecule has 0 heterocycles. The van der Waals surface area contributed by atoms with Gasteiger partial charge in [-0.15, -0.1) is 0 Å². The zero-order valence-corrected chi connectivity index (χ0v) is 13.5. The second kappa shape index (κ2) is 7.48. The molecule has 1 amide bonds. The molecule has 0 radical (unpaired) electrons. The minimum atomic E-state index is 0.166. The molecule has 0 aliphatic heterocycles. The standard InChI is InChI=1S/C18H28N2O/c1-4-13(3)11-15(5-2)19-16-7-6-8-17(12-16)20-18(21)14-9-10-14/h6-8,12-15,19H,4-5,9-11H2,1-3H3,(H,20,21). The van der Waals surface area contributed by atoms with Gasteiger partial charge >= 0.3 is 0 Å². The van der Waals surface area contributed by atoms with E-state index >= 15 is 0 Å². The third kappa shape index (κ3) is 5.07. The third-order valence-corrected chi connectivity index (χ3v) is 4.33. The predicted molar refractivity (Wildman–Crippen MR) is 89.6 cm³/mol. The van der Waals surface area contributed by atoms with E-state index in [4.69, 9.17) is 0 Å². The minimum absolute atomic E-state index is 0.166. The van der Waals surface area contributed by atoms with Crippen molar-refractivity contribution in [1.82, 2.24) is 0 Å². The van der Waals surface area contributed by atoms with Crippen LogP contribution in [0, 0.1) is 11.8 Å². The summed E-state index contributed by atoms with van der Waals surface area (Å²) in [7, 11) is 0. The van der Waals surface area contributed by atoms with Gasteiger partial charge < -0.3 is 10.6 Å². The Balaban J connectivity index is 1.93. The van der Waals surface area contributed by atoms with Crippen molar-refractivity contribution in [2.24, 2.45) is 11.8 Å². The molecule has 1 fully saturated rings. The van der Waals surface area contributed by atoms with Crippen LogP contribution in [0.4, 0.5) is 11.4 Å². The maximum Gasteiger partial charge on any atom is 0.227 e. The number of carbonyl (C=O) groups excluding carboxylic acids is 1. The van der Waals surface area contributed by atoms with Crippen molar-refractivity contribution in [1.29, 1.82) is 0 Å². The number of amides is 1. The van der Waals surface area contributed by atoms with Gasteiger partial charge in [-0.1, -0.05) is 33.3 Å². The largest absolute Gasteiger partial charge is 0.382 e. The van der Waals surface area contributed by atoms with Crippen LogP contribution in [0.1, 0.15) is 52.9 Å². The Morgan fingerprint density at radius 2 is 1.95 bits per heavy atom. The molecule has 0 bridgehead atoms. The Labute approximate surface area is 128 Å². The Bertz CT molecular complexity index is 468. The van der Waals surface area contributed by atoms with Crippen LogP contribution in [0.25, 0.3) is 0 Å². The summed E-state index contributed by atoms with van der Waals surface area (Å²) in [5.74, 6) is 1.15. The molecule has 1 aliphatic carbocycles. The van der Waals surface area contributed by atoms with Crippen LogP contribution in [-0.4, -0.2) is 11.9 Å². The Morgan fingerprint density at radius 3 is 2.57 bits per heavy atom. The maximum atomic E-state index is 11.8. The van der Waals surface area contributed by atoms with Gasteiger partial charge in [-0.2, -0.15) is 0 Å². The zero-order valence-electron chi connectivity index (χ0n) is 13.5. The van der Waals surface area contributed by atoms with Crippen LogP contribution in [0.15, 0.2) is 24.3 Å². The van der Waals surface area contributed by atoms with Gasteiger partial charge in [0.25, 0.3) is 0 Å². The molecule has 1 saturated carbocycles. The van der Waals surface area contributed by atoms with Crippen molar-refractivity contribution in [2.75, 3.05) is 10.6 Å². The highest BCUT2D eigenvalue weighted by molar-refractivity contribution is 5.94. The second-order valence-corrected chi connectivity index (χ2v) is 6.34. The van der Waals surface area contributed by atoms with Crippen molar-refractivity contribution in [3.63, 3.8) is 0 Å². The molecular formula is C18H28N2O. The van der Waals surface area contributed by atoms with Gasteiger partial charge in [-0.25, -0.2) is 0 Å². The zero-order chi connectivity index (χ0) is 15.2. The highest BCUT2D eigenvalue weighted by Crippen LogP contribution is 2.30. The van der Waals surface area contributed by atoms with E-state index in [1.54, 1.807) is 0 Å². The molecule has 2 atom stereocenters. The lowest BCUT2D eigenvalue weighted by Gasteiger charge is -2.22. The molecular weight excluding hydrogens is 260 g/mol. The number of benzene rings is 1. The number of anilines is 2. The van der Waals surface area contributed by atoms with Crippen molar-refractivity contribution in [3.8, 4) is 0 Å². The van der Waals surface area contributed by atoms with Crippen LogP contribution in [0.3, 0.4) is 0 Å². The molecule has 1 aromatic rings. The summed E-state index contributed by atoms with van der Waals surface area (Å²) in [6.45, 7) is 6.76. The van der Waals surface area contributed by atoms with E-state index in [-0.39, 0.29) is 11.8 Å². The van der Waals surface area contributed by atoms with Crippen LogP contribution in [-0.2, 0) is 4.79 Å². The van der Waals surface area contributed by atoms with E-state index in [2.05, 4.69) is 37.5 Å². The first kappa shape index (κ1) is 15.9. The lowest BCUT2D eigenvalue weighted by atomic mass is 9.97. The summed E-state index contributed by atoms with van der Waals surface area (Å²) in [6, 6.07) is 8.57. The normalized spacial score (nSPS) is 17.1. The van der Waals surface area contributed by atoms with Gasteiger partial charge in [0.15, 0.2) is 0 Å². The van der Waals surface area contributed by atoms with Gasteiger partial charge in [-0.3, -0.25) is 4.79 Å². The fraction of sp³-hybridized carbons (Fsp3) is 0.611. The summed E-state index contributed by atoms with van der Waals surface area (Å²) in [5.41, 5.74) is 1.99. The van der Waals surface area contributed by atoms with E-state index < -0.39 is 0 Å². The van der Waals surface area contributed by atoms with Crippen molar-refractivity contribution in [2.45, 2.75) is 58.9 Å². The fourth-order valence-corrected chi connectivity index (χ4v) is 2.49. The molecule has 0 aromatic heterocycles. The Hall–Kier alpha value is -1.51. The van der Waals surface area contributed by atoms with E-state index in [0.717, 1.165) is 36.6 Å². The van der Waals surface area contributed by atoms with Crippen LogP contribution in [0.2, 0.25) is 0 Å². The fourth-order valence-electron chi connectivity index (χ4n) is 2.49. The number of hydrogen-bond acceptors (Lipinski definition) is 2. The minimum Gasteiger partial charge on any atom is -0.382 e. The van der Waals surface area contributed by atoms with Gasteiger partial charge in [0.1, 0.15) is 0 Å². The first-order chi connectivity index (χ1) is 10.1. The van der Waals surface area contributed by atoms with Crippen LogP contribution in [0.5, 0.6) is 0 Å². The number of nitrogens with one attached hydrogen (secondary N) is 2. The monoisotopic (exact) mass is 288 g/mol. The first-order valence-electron chi connectivity index (χ1n) is 8.29. The highest BCUT2D eigenvalue weighted by atomic mass is 16.2. The molecule has 2 N–H and O–H groups in total. The predicted octanol–water partition coefficient (Wildman–Crippen LogP) is 4.66. The third-order valence-electron chi connectivity index (χ3n) is 4.33. The molecule has 2 rings (SSSR count). The molecule has 3 heteroatoms. The van der Waals surface area contributed by atoms with Crippen molar-refractivity contribution < 1.29 is 4.79 Å². The Kier molecular flexibility index (Phi) is 5.66. The van der Waals surface area contributed by atoms with Gasteiger partial charge in [0, 0.05) is 23.3 Å². The Morgan fingerprint density at radius 1 is 1.24 bits per heavy atom. The number of carbonyl (C=O) groups is 1. The van der Waals surface area contributed by atoms with Crippen molar-refractivity contribution >= 4 is 17.3 Å². The average Bonchev–Trinajstić information content (AvgIpc) is 3.31. The van der Waals surface area contributed by atoms with E-state index in [0.29, 0.717) is 6.04 Å². The van der Waals surface area contributed by atoms with Crippen molar-refractivity contribution in [3.05, 3.63) is 24.3 Å². The molecule has 116 valence electrons. The molecule has 1 aromatic carbocycles. The molecule has 2 unspecified atom stereocenters. The molecule has 0 spiro atoms. The summed E-state index contributed by atoms with van der Waals surface area (Å²) >= 11 is 0. The second-order valence-electron chi connectivity index (χ2n) is 6.34. The first-order valence-corrected chi connectivity index (χ1v) is 8.29. The van der Waals surface area contributed by atoms with E-state index in [1.165, 1.54) is 12.8 Å². The topological polar surface area (TPSA) is 41.1 Å². The highest BCUT2D eigenvalue weighted by Gasteiger charge is 2.29. The molecule has 21 heavy (non-hydrogen) atoms. The molecule has 0 saturated heterocycles. The molecule has 3 nitrogen and oxygen atoms in total. The smallest absolute Gasteiger partial charge is 0.227 e.